The number of hydrogen-bond donors (Lipinski definition) is 1. The van der Waals surface area contributed by atoms with E-state index in [-0.39, 0.29) is 6.54 Å². The van der Waals surface area contributed by atoms with Crippen molar-refractivity contribution in [3.05, 3.63) is 54.4 Å². The third-order valence-corrected chi connectivity index (χ3v) is 3.77. The van der Waals surface area contributed by atoms with Gasteiger partial charge in [0.15, 0.2) is 5.92 Å². The summed E-state index contributed by atoms with van der Waals surface area (Å²) in [6, 6.07) is 11.0. The zero-order valence-corrected chi connectivity index (χ0v) is 14.0. The second kappa shape index (κ2) is 7.56. The van der Waals surface area contributed by atoms with Crippen molar-refractivity contribution in [2.24, 2.45) is 10.9 Å². The molecule has 0 bridgehead atoms. The number of carbonyl (C=O) groups excluding carboxylic acids is 3. The van der Waals surface area contributed by atoms with E-state index in [9.17, 15) is 14.4 Å². The summed E-state index contributed by atoms with van der Waals surface area (Å²) in [7, 11) is 1.51. The minimum Gasteiger partial charge on any atom is -0.497 e. The Bertz CT molecular complexity index is 849. The van der Waals surface area contributed by atoms with E-state index in [1.807, 2.05) is 6.07 Å². The maximum atomic E-state index is 12.6. The summed E-state index contributed by atoms with van der Waals surface area (Å²) in [4.78, 5) is 45.9. The zero-order chi connectivity index (χ0) is 18.5. The Labute approximate surface area is 149 Å². The lowest BCUT2D eigenvalue weighted by molar-refractivity contribution is -0.131. The molecule has 0 unspecified atom stereocenters. The number of ether oxygens (including phenoxy) is 1. The molecule has 8 heteroatoms. The van der Waals surface area contributed by atoms with Gasteiger partial charge in [0.1, 0.15) is 5.75 Å². The quantitative estimate of drug-likeness (QED) is 0.650. The van der Waals surface area contributed by atoms with Gasteiger partial charge in [0.05, 0.1) is 25.0 Å². The summed E-state index contributed by atoms with van der Waals surface area (Å²) in [5, 5.41) is 2.17. The predicted molar refractivity (Wildman–Crippen MR) is 93.9 cm³/mol. The van der Waals surface area contributed by atoms with Crippen molar-refractivity contribution in [3.8, 4) is 5.75 Å². The van der Waals surface area contributed by atoms with E-state index in [2.05, 4.69) is 15.3 Å². The number of aliphatic imine (C=N–C) groups is 1. The highest BCUT2D eigenvalue weighted by molar-refractivity contribution is 6.32. The first-order valence-electron chi connectivity index (χ1n) is 7.83. The van der Waals surface area contributed by atoms with Crippen LogP contribution in [0, 0.1) is 5.92 Å². The minimum atomic E-state index is -1.18. The van der Waals surface area contributed by atoms with Gasteiger partial charge in [-0.05, 0) is 36.4 Å². The molecule has 1 aromatic carbocycles. The smallest absolute Gasteiger partial charge is 0.335 e. The highest BCUT2D eigenvalue weighted by atomic mass is 16.5. The van der Waals surface area contributed by atoms with Crippen LogP contribution >= 0.6 is 0 Å². The Hall–Kier alpha value is -3.55. The zero-order valence-electron chi connectivity index (χ0n) is 14.0. The second-order valence-electron chi connectivity index (χ2n) is 5.45. The van der Waals surface area contributed by atoms with Gasteiger partial charge in [-0.15, -0.1) is 0 Å². The number of urea groups is 1. The summed E-state index contributed by atoms with van der Waals surface area (Å²) in [5.74, 6) is -1.95. The molecule has 2 aromatic rings. The molecule has 1 aliphatic heterocycles. The Morgan fingerprint density at radius 3 is 2.62 bits per heavy atom. The summed E-state index contributed by atoms with van der Waals surface area (Å²) < 4.78 is 5.06. The van der Waals surface area contributed by atoms with E-state index in [0.29, 0.717) is 17.1 Å². The molecule has 0 spiro atoms. The van der Waals surface area contributed by atoms with E-state index in [1.54, 1.807) is 42.6 Å². The van der Waals surface area contributed by atoms with E-state index in [1.165, 1.54) is 13.3 Å². The van der Waals surface area contributed by atoms with Crippen LogP contribution in [0.1, 0.15) is 5.69 Å². The number of amides is 4. The SMILES string of the molecule is COc1ccc(N2C(=O)NC(=O)[C@@H](C=NCc3ccccn3)C2=O)cc1. The fourth-order valence-corrected chi connectivity index (χ4v) is 2.44. The van der Waals surface area contributed by atoms with Crippen LogP contribution in [-0.2, 0) is 16.1 Å². The molecule has 1 fully saturated rings. The summed E-state index contributed by atoms with van der Waals surface area (Å²) >= 11 is 0. The third kappa shape index (κ3) is 3.59. The van der Waals surface area contributed by atoms with Gasteiger partial charge in [0, 0.05) is 12.4 Å². The van der Waals surface area contributed by atoms with Gasteiger partial charge in [-0.1, -0.05) is 6.07 Å². The molecule has 0 saturated carbocycles. The van der Waals surface area contributed by atoms with Crippen molar-refractivity contribution in [2.45, 2.75) is 6.54 Å². The van der Waals surface area contributed by atoms with Crippen molar-refractivity contribution >= 4 is 29.7 Å². The number of benzene rings is 1. The van der Waals surface area contributed by atoms with Crippen molar-refractivity contribution in [3.63, 3.8) is 0 Å². The summed E-state index contributed by atoms with van der Waals surface area (Å²) in [5.41, 5.74) is 1.04. The molecule has 1 N–H and O–H groups in total. The first kappa shape index (κ1) is 17.3. The maximum absolute atomic E-state index is 12.6. The van der Waals surface area contributed by atoms with Gasteiger partial charge in [-0.3, -0.25) is 24.9 Å². The Morgan fingerprint density at radius 1 is 1.19 bits per heavy atom. The number of barbiturate groups is 1. The first-order valence-corrected chi connectivity index (χ1v) is 7.83. The van der Waals surface area contributed by atoms with E-state index in [4.69, 9.17) is 4.74 Å². The molecular formula is C18H16N4O4. The Kier molecular flexibility index (Phi) is 5.02. The lowest BCUT2D eigenvalue weighted by atomic mass is 10.1. The van der Waals surface area contributed by atoms with Crippen LogP contribution in [0.2, 0.25) is 0 Å². The standard InChI is InChI=1S/C18H16N4O4/c1-26-14-7-5-13(6-8-14)22-17(24)15(16(23)21-18(22)25)11-19-10-12-4-2-3-9-20-12/h2-9,11,15H,10H2,1H3,(H,21,23,25)/t15-/m1/s1. The number of methoxy groups -OCH3 is 1. The molecule has 2 heterocycles. The molecule has 1 aliphatic rings. The van der Waals surface area contributed by atoms with Gasteiger partial charge >= 0.3 is 6.03 Å². The number of carbonyl (C=O) groups is 3. The van der Waals surface area contributed by atoms with E-state index >= 15 is 0 Å². The lowest BCUT2D eigenvalue weighted by Gasteiger charge is -2.28. The van der Waals surface area contributed by atoms with Crippen LogP contribution in [0.4, 0.5) is 10.5 Å². The Morgan fingerprint density at radius 2 is 1.96 bits per heavy atom. The highest BCUT2D eigenvalue weighted by Gasteiger charge is 2.40. The molecule has 3 rings (SSSR count). The number of nitrogens with zero attached hydrogens (tertiary/aromatic N) is 3. The predicted octanol–water partition coefficient (Wildman–Crippen LogP) is 1.56. The van der Waals surface area contributed by atoms with Crippen LogP contribution in [0.5, 0.6) is 5.75 Å². The van der Waals surface area contributed by atoms with Crippen LogP contribution in [-0.4, -0.2) is 36.2 Å². The number of nitrogens with one attached hydrogen (secondary N) is 1. The van der Waals surface area contributed by atoms with Gasteiger partial charge in [0.25, 0.3) is 5.91 Å². The van der Waals surface area contributed by atoms with Crippen LogP contribution < -0.4 is 15.0 Å². The minimum absolute atomic E-state index is 0.231. The van der Waals surface area contributed by atoms with E-state index in [0.717, 1.165) is 4.90 Å². The van der Waals surface area contributed by atoms with Crippen molar-refractivity contribution in [2.75, 3.05) is 12.0 Å². The first-order chi connectivity index (χ1) is 12.6. The maximum Gasteiger partial charge on any atom is 0.335 e. The number of hydrogen-bond acceptors (Lipinski definition) is 6. The number of rotatable bonds is 5. The Balaban J connectivity index is 1.78. The monoisotopic (exact) mass is 352 g/mol. The number of anilines is 1. The molecule has 132 valence electrons. The van der Waals surface area contributed by atoms with E-state index < -0.39 is 23.8 Å². The third-order valence-electron chi connectivity index (χ3n) is 3.77. The molecule has 8 nitrogen and oxygen atoms in total. The van der Waals surface area contributed by atoms with Crippen molar-refractivity contribution in [1.82, 2.24) is 10.3 Å². The molecule has 1 aromatic heterocycles. The van der Waals surface area contributed by atoms with Crippen molar-refractivity contribution in [1.29, 1.82) is 0 Å². The molecule has 0 aliphatic carbocycles. The number of aromatic nitrogens is 1. The molecule has 1 saturated heterocycles. The summed E-state index contributed by atoms with van der Waals surface area (Å²) in [6.07, 6.45) is 2.88. The normalized spacial score (nSPS) is 17.5. The van der Waals surface area contributed by atoms with Gasteiger partial charge < -0.3 is 4.74 Å². The highest BCUT2D eigenvalue weighted by Crippen LogP contribution is 2.23. The molecule has 26 heavy (non-hydrogen) atoms. The second-order valence-corrected chi connectivity index (χ2v) is 5.45. The fraction of sp³-hybridized carbons (Fsp3) is 0.167. The largest absolute Gasteiger partial charge is 0.497 e. The van der Waals surface area contributed by atoms with Crippen LogP contribution in [0.25, 0.3) is 0 Å². The van der Waals surface area contributed by atoms with Crippen molar-refractivity contribution < 1.29 is 19.1 Å². The molecule has 1 atom stereocenters. The molecular weight excluding hydrogens is 336 g/mol. The van der Waals surface area contributed by atoms with Crippen LogP contribution in [0.3, 0.4) is 0 Å². The van der Waals surface area contributed by atoms with Gasteiger partial charge in [0.2, 0.25) is 5.91 Å². The molecule has 4 amide bonds. The average molecular weight is 352 g/mol. The van der Waals surface area contributed by atoms with Crippen LogP contribution in [0.15, 0.2) is 53.7 Å². The van der Waals surface area contributed by atoms with Gasteiger partial charge in [-0.25, -0.2) is 9.69 Å². The number of pyridine rings is 1. The van der Waals surface area contributed by atoms with Gasteiger partial charge in [-0.2, -0.15) is 0 Å². The molecule has 0 radical (unpaired) electrons. The lowest BCUT2D eigenvalue weighted by Crippen LogP contribution is -2.58. The fourth-order valence-electron chi connectivity index (χ4n) is 2.44. The number of imide groups is 2. The summed E-state index contributed by atoms with van der Waals surface area (Å²) in [6.45, 7) is 0.231. The average Bonchev–Trinajstić information content (AvgIpc) is 2.65. The topological polar surface area (TPSA) is 101 Å².